The van der Waals surface area contributed by atoms with Crippen LogP contribution in [0.4, 0.5) is 0 Å². The molecule has 0 N–H and O–H groups in total. The Labute approximate surface area is 66.9 Å². The first-order valence-electron chi connectivity index (χ1n) is 4.70. The van der Waals surface area contributed by atoms with Gasteiger partial charge in [-0.15, -0.1) is 0 Å². The van der Waals surface area contributed by atoms with Crippen molar-refractivity contribution in [3.63, 3.8) is 0 Å². The van der Waals surface area contributed by atoms with Gasteiger partial charge in [0.15, 0.2) is 0 Å². The zero-order valence-electron chi connectivity index (χ0n) is 6.66. The van der Waals surface area contributed by atoms with E-state index < -0.39 is 0 Å². The molecular weight excluding hydrogens is 140 g/mol. The summed E-state index contributed by atoms with van der Waals surface area (Å²) in [6, 6.07) is 0. The Bertz CT molecular complexity index is 165. The minimum Gasteiger partial charge on any atom is -0.378 e. The number of ether oxygens (including phenoxy) is 2. The van der Waals surface area contributed by atoms with Crippen LogP contribution in [0.3, 0.4) is 0 Å². The molecule has 3 rings (SSSR count). The molecule has 2 aliphatic heterocycles. The molecule has 0 aromatic rings. The molecule has 2 nitrogen and oxygen atoms in total. The van der Waals surface area contributed by atoms with Gasteiger partial charge in [0, 0.05) is 6.61 Å². The Balaban J connectivity index is 1.60. The van der Waals surface area contributed by atoms with E-state index in [0.29, 0.717) is 18.3 Å². The molecule has 0 bridgehead atoms. The van der Waals surface area contributed by atoms with Crippen LogP contribution in [0.2, 0.25) is 0 Å². The van der Waals surface area contributed by atoms with Crippen molar-refractivity contribution in [2.45, 2.75) is 44.0 Å². The standard InChI is InChI=1S/C9H14O2/c1-2-8-9(11-8)5-6(1)7-3-4-10-7/h6-9H,1-5H2. The largest absolute Gasteiger partial charge is 0.378 e. The van der Waals surface area contributed by atoms with Crippen LogP contribution in [0.25, 0.3) is 0 Å². The first kappa shape index (κ1) is 6.44. The fraction of sp³-hybridized carbons (Fsp3) is 1.00. The Morgan fingerprint density at radius 1 is 0.909 bits per heavy atom. The van der Waals surface area contributed by atoms with Crippen LogP contribution >= 0.6 is 0 Å². The third-order valence-corrected chi connectivity index (χ3v) is 3.30. The highest BCUT2D eigenvalue weighted by Crippen LogP contribution is 2.42. The van der Waals surface area contributed by atoms with E-state index in [9.17, 15) is 0 Å². The van der Waals surface area contributed by atoms with E-state index in [1.54, 1.807) is 0 Å². The molecule has 0 aromatic heterocycles. The molecule has 3 aliphatic rings. The second-order valence-corrected chi connectivity index (χ2v) is 3.98. The van der Waals surface area contributed by atoms with Crippen molar-refractivity contribution in [2.24, 2.45) is 5.92 Å². The van der Waals surface area contributed by atoms with Gasteiger partial charge in [-0.25, -0.2) is 0 Å². The SMILES string of the molecule is C1CC(C2CCC3OC3C2)O1. The van der Waals surface area contributed by atoms with Crippen molar-refractivity contribution in [2.75, 3.05) is 6.61 Å². The van der Waals surface area contributed by atoms with Crippen LogP contribution in [0.1, 0.15) is 25.7 Å². The van der Waals surface area contributed by atoms with E-state index in [0.717, 1.165) is 12.5 Å². The lowest BCUT2D eigenvalue weighted by Crippen LogP contribution is -2.36. The van der Waals surface area contributed by atoms with Crippen LogP contribution in [-0.2, 0) is 9.47 Å². The third kappa shape index (κ3) is 1.00. The molecule has 0 radical (unpaired) electrons. The average Bonchev–Trinajstić information content (AvgIpc) is 2.60. The van der Waals surface area contributed by atoms with Crippen molar-refractivity contribution in [3.05, 3.63) is 0 Å². The van der Waals surface area contributed by atoms with Crippen LogP contribution in [0.15, 0.2) is 0 Å². The molecule has 0 aromatic carbocycles. The van der Waals surface area contributed by atoms with Crippen molar-refractivity contribution in [1.29, 1.82) is 0 Å². The molecule has 2 saturated heterocycles. The highest BCUT2D eigenvalue weighted by molar-refractivity contribution is 4.94. The van der Waals surface area contributed by atoms with Gasteiger partial charge in [0.2, 0.25) is 0 Å². The average molecular weight is 154 g/mol. The topological polar surface area (TPSA) is 21.8 Å². The second-order valence-electron chi connectivity index (χ2n) is 3.98. The number of rotatable bonds is 1. The summed E-state index contributed by atoms with van der Waals surface area (Å²) in [5.41, 5.74) is 0. The van der Waals surface area contributed by atoms with E-state index >= 15 is 0 Å². The quantitative estimate of drug-likeness (QED) is 0.532. The first-order chi connectivity index (χ1) is 5.43. The van der Waals surface area contributed by atoms with Gasteiger partial charge in [0.25, 0.3) is 0 Å². The predicted molar refractivity (Wildman–Crippen MR) is 40.4 cm³/mol. The molecular formula is C9H14O2. The maximum Gasteiger partial charge on any atom is 0.0845 e. The summed E-state index contributed by atoms with van der Waals surface area (Å²) in [6.45, 7) is 0.996. The maximum atomic E-state index is 5.48. The minimum atomic E-state index is 0.597. The third-order valence-electron chi connectivity index (χ3n) is 3.30. The lowest BCUT2D eigenvalue weighted by atomic mass is 9.83. The summed E-state index contributed by atoms with van der Waals surface area (Å²) >= 11 is 0. The number of epoxide rings is 1. The summed E-state index contributed by atoms with van der Waals surface area (Å²) in [5.74, 6) is 0.826. The van der Waals surface area contributed by atoms with Gasteiger partial charge >= 0.3 is 0 Å². The summed E-state index contributed by atoms with van der Waals surface area (Å²) in [7, 11) is 0. The summed E-state index contributed by atoms with van der Waals surface area (Å²) in [5, 5.41) is 0. The van der Waals surface area contributed by atoms with Crippen LogP contribution < -0.4 is 0 Å². The summed E-state index contributed by atoms with van der Waals surface area (Å²) in [6.07, 6.45) is 7.06. The number of hydrogen-bond donors (Lipinski definition) is 0. The van der Waals surface area contributed by atoms with Crippen molar-refractivity contribution >= 4 is 0 Å². The van der Waals surface area contributed by atoms with Crippen molar-refractivity contribution in [1.82, 2.24) is 0 Å². The Morgan fingerprint density at radius 3 is 2.45 bits per heavy atom. The van der Waals surface area contributed by atoms with Gasteiger partial charge in [0.1, 0.15) is 0 Å². The molecule has 11 heavy (non-hydrogen) atoms. The lowest BCUT2D eigenvalue weighted by molar-refractivity contribution is -0.0906. The monoisotopic (exact) mass is 154 g/mol. The zero-order chi connectivity index (χ0) is 7.26. The number of hydrogen-bond acceptors (Lipinski definition) is 2. The fourth-order valence-corrected chi connectivity index (χ4v) is 2.40. The molecule has 0 amide bonds. The van der Waals surface area contributed by atoms with E-state index in [2.05, 4.69) is 0 Å². The van der Waals surface area contributed by atoms with Gasteiger partial charge in [0.05, 0.1) is 18.3 Å². The molecule has 2 heterocycles. The molecule has 1 saturated carbocycles. The molecule has 4 unspecified atom stereocenters. The number of fused-ring (bicyclic) bond motifs is 1. The molecule has 1 aliphatic carbocycles. The molecule has 3 fully saturated rings. The highest BCUT2D eigenvalue weighted by atomic mass is 16.6. The van der Waals surface area contributed by atoms with Gasteiger partial charge < -0.3 is 9.47 Å². The van der Waals surface area contributed by atoms with E-state index in [1.807, 2.05) is 0 Å². The zero-order valence-corrected chi connectivity index (χ0v) is 6.66. The van der Waals surface area contributed by atoms with Gasteiger partial charge in [-0.3, -0.25) is 0 Å². The van der Waals surface area contributed by atoms with Crippen LogP contribution in [0, 0.1) is 5.92 Å². The highest BCUT2D eigenvalue weighted by Gasteiger charge is 2.46. The second kappa shape index (κ2) is 2.20. The van der Waals surface area contributed by atoms with Gasteiger partial charge in [-0.1, -0.05) is 0 Å². The van der Waals surface area contributed by atoms with Crippen molar-refractivity contribution in [3.8, 4) is 0 Å². The smallest absolute Gasteiger partial charge is 0.0845 e. The first-order valence-corrected chi connectivity index (χ1v) is 4.70. The van der Waals surface area contributed by atoms with Gasteiger partial charge in [-0.05, 0) is 31.6 Å². The van der Waals surface area contributed by atoms with Crippen molar-refractivity contribution < 1.29 is 9.47 Å². The molecule has 62 valence electrons. The minimum absolute atomic E-state index is 0.597. The lowest BCUT2D eigenvalue weighted by Gasteiger charge is -2.35. The molecule has 4 atom stereocenters. The molecule has 0 spiro atoms. The van der Waals surface area contributed by atoms with Crippen LogP contribution in [-0.4, -0.2) is 24.9 Å². The van der Waals surface area contributed by atoms with E-state index in [-0.39, 0.29) is 0 Å². The summed E-state index contributed by atoms with van der Waals surface area (Å²) < 4.78 is 11.0. The summed E-state index contributed by atoms with van der Waals surface area (Å²) in [4.78, 5) is 0. The van der Waals surface area contributed by atoms with Crippen LogP contribution in [0.5, 0.6) is 0 Å². The molecule has 2 heteroatoms. The maximum absolute atomic E-state index is 5.48. The normalized spacial score (nSPS) is 54.5. The fourth-order valence-electron chi connectivity index (χ4n) is 2.40. The Hall–Kier alpha value is -0.0800. The van der Waals surface area contributed by atoms with Gasteiger partial charge in [-0.2, -0.15) is 0 Å². The Morgan fingerprint density at radius 2 is 1.82 bits per heavy atom. The predicted octanol–water partition coefficient (Wildman–Crippen LogP) is 1.34. The van der Waals surface area contributed by atoms with E-state index in [4.69, 9.17) is 9.47 Å². The Kier molecular flexibility index (Phi) is 1.29. The van der Waals surface area contributed by atoms with E-state index in [1.165, 1.54) is 25.7 Å².